The summed E-state index contributed by atoms with van der Waals surface area (Å²) in [5.74, 6) is 0. The van der Waals surface area contributed by atoms with Crippen molar-refractivity contribution in [2.24, 2.45) is 7.05 Å². The number of aryl methyl sites for hydroxylation is 3. The maximum absolute atomic E-state index is 4.12. The van der Waals surface area contributed by atoms with E-state index in [-0.39, 0.29) is 17.0 Å². The molecule has 0 saturated carbocycles. The second-order valence-corrected chi connectivity index (χ2v) is 2.28. The van der Waals surface area contributed by atoms with Crippen LogP contribution in [0.1, 0.15) is 11.4 Å². The molecule has 1 aromatic heterocycles. The summed E-state index contributed by atoms with van der Waals surface area (Å²) in [7, 11) is 2.02. The van der Waals surface area contributed by atoms with Crippen LogP contribution in [0.4, 0.5) is 0 Å². The highest BCUT2D eigenvalue weighted by atomic mass is 79.9. The third kappa shape index (κ3) is 2.06. The van der Waals surface area contributed by atoms with Crippen LogP contribution in [0.15, 0.2) is 12.4 Å². The molecule has 10 heavy (non-hydrogen) atoms. The van der Waals surface area contributed by atoms with Gasteiger partial charge in [-0.2, -0.15) is 0 Å². The third-order valence-corrected chi connectivity index (χ3v) is 1.39. The van der Waals surface area contributed by atoms with E-state index in [1.54, 1.807) is 0 Å². The van der Waals surface area contributed by atoms with E-state index < -0.39 is 0 Å². The van der Waals surface area contributed by atoms with Crippen molar-refractivity contribution in [3.8, 4) is 0 Å². The van der Waals surface area contributed by atoms with Crippen LogP contribution in [0.2, 0.25) is 0 Å². The fourth-order valence-electron chi connectivity index (χ4n) is 0.702. The minimum Gasteiger partial charge on any atom is -1.00 e. The lowest BCUT2D eigenvalue weighted by Crippen LogP contribution is -3.00. The Kier molecular flexibility index (Phi) is 3.50. The van der Waals surface area contributed by atoms with Crippen molar-refractivity contribution in [1.29, 1.82) is 0 Å². The van der Waals surface area contributed by atoms with E-state index in [4.69, 9.17) is 0 Å². The molecule has 0 atom stereocenters. The minimum atomic E-state index is 0. The van der Waals surface area contributed by atoms with Gasteiger partial charge in [-0.3, -0.25) is 0 Å². The zero-order valence-corrected chi connectivity index (χ0v) is 8.01. The zero-order valence-electron chi connectivity index (χ0n) is 6.43. The molecule has 1 aromatic rings. The number of aromatic nitrogens is 2. The van der Waals surface area contributed by atoms with Crippen LogP contribution in [0.5, 0.6) is 0 Å². The van der Waals surface area contributed by atoms with Crippen molar-refractivity contribution in [3.05, 3.63) is 23.8 Å². The average Bonchev–Trinajstić information content (AvgIpc) is 1.80. The first-order valence-electron chi connectivity index (χ1n) is 2.99. The number of hydrogen-bond donors (Lipinski definition) is 0. The molecule has 1 heterocycles. The van der Waals surface area contributed by atoms with Crippen LogP contribution in [-0.4, -0.2) is 4.98 Å². The Labute approximate surface area is 71.7 Å². The molecule has 0 aliphatic rings. The van der Waals surface area contributed by atoms with Crippen LogP contribution in [0.3, 0.4) is 0 Å². The SMILES string of the molecule is Cc1c[n+](C)c(C)cn1.[Br-]. The Balaban J connectivity index is 0.000000810. The molecule has 0 unspecified atom stereocenters. The first-order chi connectivity index (χ1) is 4.20. The quantitative estimate of drug-likeness (QED) is 0.427. The van der Waals surface area contributed by atoms with Gasteiger partial charge in [-0.05, 0) is 6.92 Å². The summed E-state index contributed by atoms with van der Waals surface area (Å²) in [4.78, 5) is 4.12. The van der Waals surface area contributed by atoms with E-state index in [1.807, 2.05) is 33.3 Å². The molecule has 0 amide bonds. The molecule has 0 radical (unpaired) electrons. The molecule has 56 valence electrons. The van der Waals surface area contributed by atoms with Crippen molar-refractivity contribution < 1.29 is 21.5 Å². The van der Waals surface area contributed by atoms with Gasteiger partial charge in [0.15, 0.2) is 11.9 Å². The van der Waals surface area contributed by atoms with Gasteiger partial charge >= 0.3 is 0 Å². The van der Waals surface area contributed by atoms with Gasteiger partial charge < -0.3 is 17.0 Å². The molecule has 0 N–H and O–H groups in total. The highest BCUT2D eigenvalue weighted by molar-refractivity contribution is 4.90. The van der Waals surface area contributed by atoms with Crippen LogP contribution in [-0.2, 0) is 7.05 Å². The van der Waals surface area contributed by atoms with Gasteiger partial charge in [0.25, 0.3) is 0 Å². The van der Waals surface area contributed by atoms with E-state index in [0.717, 1.165) is 5.69 Å². The molecular weight excluding hydrogens is 192 g/mol. The van der Waals surface area contributed by atoms with Gasteiger partial charge in [-0.15, -0.1) is 0 Å². The Hall–Kier alpha value is -0.440. The summed E-state index contributed by atoms with van der Waals surface area (Å²) in [6.07, 6.45) is 3.88. The van der Waals surface area contributed by atoms with E-state index in [1.165, 1.54) is 5.69 Å². The third-order valence-electron chi connectivity index (χ3n) is 1.39. The number of halogens is 1. The lowest BCUT2D eigenvalue weighted by Gasteiger charge is -1.91. The van der Waals surface area contributed by atoms with Gasteiger partial charge in [-0.1, -0.05) is 0 Å². The molecule has 0 aliphatic carbocycles. The molecule has 0 aromatic carbocycles. The normalized spacial score (nSPS) is 8.70. The molecule has 0 saturated heterocycles. The predicted molar refractivity (Wildman–Crippen MR) is 34.9 cm³/mol. The summed E-state index contributed by atoms with van der Waals surface area (Å²) in [6.45, 7) is 4.02. The van der Waals surface area contributed by atoms with Crippen molar-refractivity contribution in [2.45, 2.75) is 13.8 Å². The van der Waals surface area contributed by atoms with Crippen LogP contribution in [0.25, 0.3) is 0 Å². The van der Waals surface area contributed by atoms with Crippen molar-refractivity contribution in [3.63, 3.8) is 0 Å². The molecule has 3 heteroatoms. The maximum Gasteiger partial charge on any atom is 0.196 e. The highest BCUT2D eigenvalue weighted by Crippen LogP contribution is 1.86. The Morgan fingerprint density at radius 1 is 1.40 bits per heavy atom. The molecule has 1 rings (SSSR count). The van der Waals surface area contributed by atoms with E-state index in [9.17, 15) is 0 Å². The standard InChI is InChI=1S/C7H11N2.BrH/c1-6-5-9(3)7(2)4-8-6;/h4-5H,1-3H3;1H/q+1;/p-1. The molecular formula is C7H11BrN2. The van der Waals surface area contributed by atoms with E-state index in [2.05, 4.69) is 9.55 Å². The topological polar surface area (TPSA) is 16.8 Å². The summed E-state index contributed by atoms with van der Waals surface area (Å²) in [6, 6.07) is 0. The predicted octanol–water partition coefficient (Wildman–Crippen LogP) is -2.47. The second kappa shape index (κ2) is 3.66. The molecule has 2 nitrogen and oxygen atoms in total. The fourth-order valence-corrected chi connectivity index (χ4v) is 0.702. The molecule has 0 spiro atoms. The fraction of sp³-hybridized carbons (Fsp3) is 0.429. The Morgan fingerprint density at radius 2 is 2.00 bits per heavy atom. The Bertz CT molecular complexity index is 223. The van der Waals surface area contributed by atoms with E-state index in [0.29, 0.717) is 0 Å². The van der Waals surface area contributed by atoms with Crippen molar-refractivity contribution in [2.75, 3.05) is 0 Å². The molecule has 0 aliphatic heterocycles. The van der Waals surface area contributed by atoms with Crippen LogP contribution in [0, 0.1) is 13.8 Å². The van der Waals surface area contributed by atoms with Gasteiger partial charge in [0.05, 0.1) is 6.20 Å². The summed E-state index contributed by atoms with van der Waals surface area (Å²) in [5.41, 5.74) is 2.24. The van der Waals surface area contributed by atoms with Crippen molar-refractivity contribution in [1.82, 2.24) is 4.98 Å². The lowest BCUT2D eigenvalue weighted by atomic mass is 10.4. The summed E-state index contributed by atoms with van der Waals surface area (Å²) < 4.78 is 2.06. The number of hydrogen-bond acceptors (Lipinski definition) is 1. The smallest absolute Gasteiger partial charge is 0.196 e. The zero-order chi connectivity index (χ0) is 6.85. The molecule has 0 bridgehead atoms. The van der Waals surface area contributed by atoms with Crippen LogP contribution < -0.4 is 21.5 Å². The van der Waals surface area contributed by atoms with Crippen molar-refractivity contribution >= 4 is 0 Å². The summed E-state index contributed by atoms with van der Waals surface area (Å²) in [5, 5.41) is 0. The first kappa shape index (κ1) is 9.56. The molecule has 0 fully saturated rings. The summed E-state index contributed by atoms with van der Waals surface area (Å²) >= 11 is 0. The van der Waals surface area contributed by atoms with Gasteiger partial charge in [0, 0.05) is 6.92 Å². The first-order valence-corrected chi connectivity index (χ1v) is 2.99. The number of nitrogens with zero attached hydrogens (tertiary/aromatic N) is 2. The second-order valence-electron chi connectivity index (χ2n) is 2.28. The van der Waals surface area contributed by atoms with Gasteiger partial charge in [-0.25, -0.2) is 9.55 Å². The average molecular weight is 203 g/mol. The minimum absolute atomic E-state index is 0. The monoisotopic (exact) mass is 202 g/mol. The van der Waals surface area contributed by atoms with Crippen LogP contribution >= 0.6 is 0 Å². The number of rotatable bonds is 0. The largest absolute Gasteiger partial charge is 1.00 e. The Morgan fingerprint density at radius 3 is 2.40 bits per heavy atom. The lowest BCUT2D eigenvalue weighted by molar-refractivity contribution is -0.678. The van der Waals surface area contributed by atoms with E-state index >= 15 is 0 Å². The maximum atomic E-state index is 4.12. The van der Waals surface area contributed by atoms with Gasteiger partial charge in [0.2, 0.25) is 0 Å². The highest BCUT2D eigenvalue weighted by Gasteiger charge is 1.98. The van der Waals surface area contributed by atoms with Gasteiger partial charge in [0.1, 0.15) is 12.7 Å².